The molecule has 30 heavy (non-hydrogen) atoms. The van der Waals surface area contributed by atoms with E-state index in [0.717, 1.165) is 0 Å². The van der Waals surface area contributed by atoms with Gasteiger partial charge in [-0.1, -0.05) is 0 Å². The Labute approximate surface area is 174 Å². The Kier molecular flexibility index (Phi) is 8.13. The Balaban J connectivity index is 1.81. The van der Waals surface area contributed by atoms with Gasteiger partial charge >= 0.3 is 13.6 Å². The van der Waals surface area contributed by atoms with E-state index >= 15 is 0 Å². The van der Waals surface area contributed by atoms with Gasteiger partial charge in [-0.05, 0) is 34.6 Å². The van der Waals surface area contributed by atoms with Crippen molar-refractivity contribution >= 4 is 30.5 Å². The minimum absolute atomic E-state index is 0.0802. The number of rotatable bonds is 11. The van der Waals surface area contributed by atoms with Gasteiger partial charge in [0, 0.05) is 0 Å². The molecule has 0 spiro atoms. The minimum atomic E-state index is -3.64. The van der Waals surface area contributed by atoms with E-state index in [1.54, 1.807) is 34.6 Å². The molecule has 0 aliphatic rings. The number of aromatic nitrogens is 4. The van der Waals surface area contributed by atoms with Crippen molar-refractivity contribution in [3.63, 3.8) is 0 Å². The lowest BCUT2D eigenvalue weighted by molar-refractivity contribution is -0.160. The zero-order valence-electron chi connectivity index (χ0n) is 17.7. The third kappa shape index (κ3) is 6.91. The van der Waals surface area contributed by atoms with E-state index in [9.17, 15) is 9.36 Å². The zero-order valence-corrected chi connectivity index (χ0v) is 18.6. The van der Waals surface area contributed by atoms with Gasteiger partial charge in [0.15, 0.2) is 11.3 Å². The summed E-state index contributed by atoms with van der Waals surface area (Å²) in [5.41, 5.74) is 5.86. The van der Waals surface area contributed by atoms with Crippen molar-refractivity contribution in [2.75, 3.05) is 32.1 Å². The molecule has 0 saturated heterocycles. The van der Waals surface area contributed by atoms with E-state index in [1.165, 1.54) is 17.4 Å². The maximum absolute atomic E-state index is 12.8. The maximum Gasteiger partial charge on any atom is 0.359 e. The SMILES string of the molecule is CC(C)OP(=O)(COCCOn1cnc2c(N)ncnc21)OCOC(=O)C(C)(C)C. The largest absolute Gasteiger partial charge is 0.438 e. The Morgan fingerprint density at radius 2 is 1.97 bits per heavy atom. The quantitative estimate of drug-likeness (QED) is 0.234. The molecule has 1 unspecified atom stereocenters. The number of imidazole rings is 1. The first-order chi connectivity index (χ1) is 14.0. The summed E-state index contributed by atoms with van der Waals surface area (Å²) in [6.45, 7) is 8.20. The Bertz CT molecular complexity index is 896. The van der Waals surface area contributed by atoms with Crippen LogP contribution in [0.25, 0.3) is 11.2 Å². The molecule has 0 bridgehead atoms. The molecule has 12 nitrogen and oxygen atoms in total. The summed E-state index contributed by atoms with van der Waals surface area (Å²) in [7, 11) is -3.64. The Morgan fingerprint density at radius 3 is 2.63 bits per heavy atom. The average molecular weight is 445 g/mol. The molecule has 2 aromatic rings. The number of ether oxygens (including phenoxy) is 2. The van der Waals surface area contributed by atoms with E-state index in [0.29, 0.717) is 11.2 Å². The van der Waals surface area contributed by atoms with Gasteiger partial charge in [-0.15, -0.1) is 0 Å². The lowest BCUT2D eigenvalue weighted by Crippen LogP contribution is -2.24. The van der Waals surface area contributed by atoms with E-state index in [2.05, 4.69) is 15.0 Å². The van der Waals surface area contributed by atoms with Crippen LogP contribution in [0.5, 0.6) is 0 Å². The van der Waals surface area contributed by atoms with Crippen LogP contribution in [0.1, 0.15) is 34.6 Å². The molecule has 0 aliphatic heterocycles. The minimum Gasteiger partial charge on any atom is -0.438 e. The van der Waals surface area contributed by atoms with Crippen LogP contribution in [-0.4, -0.2) is 58.1 Å². The Morgan fingerprint density at radius 1 is 1.23 bits per heavy atom. The molecule has 0 saturated carbocycles. The standard InChI is InChI=1S/C17H28N5O7P/c1-12(2)29-30(24,28-10-26-16(23)17(3,4)5)11-25-6-7-27-22-9-21-13-14(18)19-8-20-15(13)22/h8-9,12H,6-7,10-11H2,1-5H3,(H2,18,19,20). The normalized spacial score (nSPS) is 14.1. The van der Waals surface area contributed by atoms with Gasteiger partial charge in [0.2, 0.25) is 12.4 Å². The van der Waals surface area contributed by atoms with Crippen LogP contribution < -0.4 is 10.6 Å². The van der Waals surface area contributed by atoms with Crippen molar-refractivity contribution in [1.29, 1.82) is 0 Å². The number of nitrogen functional groups attached to an aromatic ring is 1. The molecule has 2 heterocycles. The number of hydrogen-bond acceptors (Lipinski definition) is 11. The number of hydrogen-bond donors (Lipinski definition) is 1. The number of nitrogens with two attached hydrogens (primary N) is 1. The first-order valence-corrected chi connectivity index (χ1v) is 11.0. The second kappa shape index (κ2) is 10.2. The summed E-state index contributed by atoms with van der Waals surface area (Å²) in [5, 5.41) is 0. The first-order valence-electron chi connectivity index (χ1n) is 9.25. The molecular weight excluding hydrogens is 417 g/mol. The fraction of sp³-hybridized carbons (Fsp3) is 0.647. The molecule has 2 aromatic heterocycles. The predicted molar refractivity (Wildman–Crippen MR) is 107 cm³/mol. The Hall–Kier alpha value is -2.27. The van der Waals surface area contributed by atoms with Gasteiger partial charge in [-0.25, -0.2) is 15.0 Å². The van der Waals surface area contributed by atoms with E-state index in [4.69, 9.17) is 29.1 Å². The van der Waals surface area contributed by atoms with Gasteiger partial charge in [-0.2, -0.15) is 4.73 Å². The summed E-state index contributed by atoms with van der Waals surface area (Å²) < 4.78 is 35.1. The molecule has 0 aromatic carbocycles. The zero-order chi connectivity index (χ0) is 22.4. The monoisotopic (exact) mass is 445 g/mol. The topological polar surface area (TPSA) is 150 Å². The number of carbonyl (C=O) groups is 1. The van der Waals surface area contributed by atoms with Crippen molar-refractivity contribution < 1.29 is 32.7 Å². The number of carbonyl (C=O) groups excluding carboxylic acids is 1. The van der Waals surface area contributed by atoms with Crippen LogP contribution in [0, 0.1) is 5.41 Å². The van der Waals surface area contributed by atoms with Crippen molar-refractivity contribution in [1.82, 2.24) is 19.7 Å². The van der Waals surface area contributed by atoms with Crippen molar-refractivity contribution in [2.24, 2.45) is 5.41 Å². The molecule has 2 rings (SSSR count). The summed E-state index contributed by atoms with van der Waals surface area (Å²) in [4.78, 5) is 29.3. The highest BCUT2D eigenvalue weighted by molar-refractivity contribution is 7.53. The lowest BCUT2D eigenvalue weighted by atomic mass is 9.98. The van der Waals surface area contributed by atoms with Crippen LogP contribution in [0.4, 0.5) is 5.82 Å². The van der Waals surface area contributed by atoms with Crippen LogP contribution in [0.3, 0.4) is 0 Å². The van der Waals surface area contributed by atoms with Crippen LogP contribution >= 0.6 is 7.60 Å². The number of esters is 1. The molecule has 0 aliphatic carbocycles. The van der Waals surface area contributed by atoms with E-state index in [-0.39, 0.29) is 31.5 Å². The second-order valence-corrected chi connectivity index (χ2v) is 9.51. The molecule has 1 atom stereocenters. The summed E-state index contributed by atoms with van der Waals surface area (Å²) in [6.07, 6.45) is 2.01. The highest BCUT2D eigenvalue weighted by Gasteiger charge is 2.29. The number of fused-ring (bicyclic) bond motifs is 1. The third-order valence-electron chi connectivity index (χ3n) is 3.46. The fourth-order valence-corrected chi connectivity index (χ4v) is 3.50. The van der Waals surface area contributed by atoms with Crippen molar-refractivity contribution in [3.8, 4) is 0 Å². The molecule has 0 radical (unpaired) electrons. The van der Waals surface area contributed by atoms with Gasteiger partial charge in [0.25, 0.3) is 0 Å². The second-order valence-electron chi connectivity index (χ2n) is 7.57. The summed E-state index contributed by atoms with van der Waals surface area (Å²) >= 11 is 0. The summed E-state index contributed by atoms with van der Waals surface area (Å²) in [5.74, 6) is -0.236. The van der Waals surface area contributed by atoms with Crippen LogP contribution in [0.2, 0.25) is 0 Å². The highest BCUT2D eigenvalue weighted by atomic mass is 31.2. The predicted octanol–water partition coefficient (Wildman–Crippen LogP) is 1.99. The van der Waals surface area contributed by atoms with E-state index < -0.39 is 25.8 Å². The van der Waals surface area contributed by atoms with Gasteiger partial charge in [-0.3, -0.25) is 13.9 Å². The number of nitrogens with zero attached hydrogens (tertiary/aromatic N) is 4. The molecule has 2 N–H and O–H groups in total. The van der Waals surface area contributed by atoms with E-state index in [1.807, 2.05) is 0 Å². The fourth-order valence-electron chi connectivity index (χ4n) is 2.09. The van der Waals surface area contributed by atoms with Gasteiger partial charge in [0.05, 0.1) is 18.1 Å². The molecule has 13 heteroatoms. The number of anilines is 1. The van der Waals surface area contributed by atoms with Crippen molar-refractivity contribution in [3.05, 3.63) is 12.7 Å². The highest BCUT2D eigenvalue weighted by Crippen LogP contribution is 2.49. The average Bonchev–Trinajstić information content (AvgIpc) is 3.04. The third-order valence-corrected chi connectivity index (χ3v) is 5.20. The van der Waals surface area contributed by atoms with Crippen LogP contribution in [-0.2, 0) is 27.9 Å². The van der Waals surface area contributed by atoms with Gasteiger partial charge in [0.1, 0.15) is 25.6 Å². The molecule has 0 fully saturated rings. The lowest BCUT2D eigenvalue weighted by Gasteiger charge is -2.22. The first kappa shape index (κ1) is 24.0. The summed E-state index contributed by atoms with van der Waals surface area (Å²) in [6, 6.07) is 0. The van der Waals surface area contributed by atoms with Crippen LogP contribution in [0.15, 0.2) is 12.7 Å². The van der Waals surface area contributed by atoms with Gasteiger partial charge < -0.3 is 24.6 Å². The maximum atomic E-state index is 12.8. The van der Waals surface area contributed by atoms with Crippen molar-refractivity contribution in [2.45, 2.75) is 40.7 Å². The molecule has 0 amide bonds. The molecular formula is C17H28N5O7P. The smallest absolute Gasteiger partial charge is 0.359 e. The molecule has 168 valence electrons.